The third-order valence-corrected chi connectivity index (χ3v) is 3.82. The summed E-state index contributed by atoms with van der Waals surface area (Å²) in [5.74, 6) is -0.0944. The molecule has 0 aliphatic rings. The highest BCUT2D eigenvalue weighted by atomic mass is 32.1. The first-order chi connectivity index (χ1) is 10.8. The lowest BCUT2D eigenvalue weighted by molar-refractivity contribution is -0.116. The summed E-state index contributed by atoms with van der Waals surface area (Å²) >= 11 is 1.68. The summed E-state index contributed by atoms with van der Waals surface area (Å²) in [6, 6.07) is 15.3. The van der Waals surface area contributed by atoms with E-state index in [1.807, 2.05) is 66.1 Å². The molecule has 0 fully saturated rings. The summed E-state index contributed by atoms with van der Waals surface area (Å²) in [6.45, 7) is 0.196. The minimum Gasteiger partial charge on any atom is -0.324 e. The van der Waals surface area contributed by atoms with Crippen molar-refractivity contribution in [1.29, 1.82) is 0 Å². The van der Waals surface area contributed by atoms with Crippen molar-refractivity contribution in [3.8, 4) is 0 Å². The van der Waals surface area contributed by atoms with Crippen LogP contribution in [0.15, 0.2) is 60.1 Å². The Labute approximate surface area is 132 Å². The first kappa shape index (κ1) is 14.3. The molecule has 0 atom stereocenters. The number of benzene rings is 1. The van der Waals surface area contributed by atoms with E-state index < -0.39 is 0 Å². The van der Waals surface area contributed by atoms with Gasteiger partial charge in [0.2, 0.25) is 5.91 Å². The SMILES string of the molecule is O=C(Cn1ccc(C=Cc2cccs2)n1)Nc1ccccc1. The van der Waals surface area contributed by atoms with Crippen LogP contribution >= 0.6 is 11.3 Å². The van der Waals surface area contributed by atoms with Crippen LogP contribution in [0.3, 0.4) is 0 Å². The second-order valence-electron chi connectivity index (χ2n) is 4.70. The monoisotopic (exact) mass is 309 g/mol. The van der Waals surface area contributed by atoms with Crippen LogP contribution in [0.1, 0.15) is 10.6 Å². The van der Waals surface area contributed by atoms with Crippen LogP contribution < -0.4 is 5.32 Å². The van der Waals surface area contributed by atoms with Gasteiger partial charge >= 0.3 is 0 Å². The van der Waals surface area contributed by atoms with Gasteiger partial charge in [-0.25, -0.2) is 0 Å². The van der Waals surface area contributed by atoms with Crippen LogP contribution in [0.4, 0.5) is 5.69 Å². The Morgan fingerprint density at radius 3 is 2.77 bits per heavy atom. The topological polar surface area (TPSA) is 46.9 Å². The second kappa shape index (κ2) is 6.87. The van der Waals surface area contributed by atoms with Gasteiger partial charge in [0.1, 0.15) is 6.54 Å². The van der Waals surface area contributed by atoms with E-state index in [0.29, 0.717) is 0 Å². The van der Waals surface area contributed by atoms with Crippen molar-refractivity contribution in [3.05, 3.63) is 70.7 Å². The quantitative estimate of drug-likeness (QED) is 0.780. The van der Waals surface area contributed by atoms with E-state index in [9.17, 15) is 4.79 Å². The maximum absolute atomic E-state index is 11.9. The van der Waals surface area contributed by atoms with Gasteiger partial charge < -0.3 is 5.32 Å². The van der Waals surface area contributed by atoms with Gasteiger partial charge in [-0.15, -0.1) is 11.3 Å². The van der Waals surface area contributed by atoms with Gasteiger partial charge in [0.25, 0.3) is 0 Å². The molecule has 2 heterocycles. The third-order valence-electron chi connectivity index (χ3n) is 2.99. The van der Waals surface area contributed by atoms with Gasteiger partial charge in [-0.1, -0.05) is 24.3 Å². The van der Waals surface area contributed by atoms with Crippen LogP contribution in [0, 0.1) is 0 Å². The average Bonchev–Trinajstić information content (AvgIpc) is 3.17. The molecular weight excluding hydrogens is 294 g/mol. The lowest BCUT2D eigenvalue weighted by Crippen LogP contribution is -2.19. The predicted molar refractivity (Wildman–Crippen MR) is 90.5 cm³/mol. The Hall–Kier alpha value is -2.66. The highest BCUT2D eigenvalue weighted by molar-refractivity contribution is 7.10. The second-order valence-corrected chi connectivity index (χ2v) is 5.68. The highest BCUT2D eigenvalue weighted by Gasteiger charge is 2.04. The molecule has 4 nitrogen and oxygen atoms in total. The maximum atomic E-state index is 11.9. The largest absolute Gasteiger partial charge is 0.324 e. The van der Waals surface area contributed by atoms with E-state index in [1.165, 1.54) is 4.88 Å². The molecule has 0 spiro atoms. The molecule has 3 aromatic rings. The minimum absolute atomic E-state index is 0.0944. The first-order valence-electron chi connectivity index (χ1n) is 6.89. The van der Waals surface area contributed by atoms with E-state index in [1.54, 1.807) is 22.2 Å². The molecule has 0 bridgehead atoms. The van der Waals surface area contributed by atoms with Gasteiger partial charge in [0.05, 0.1) is 5.69 Å². The van der Waals surface area contributed by atoms with Crippen LogP contribution in [-0.4, -0.2) is 15.7 Å². The Balaban J connectivity index is 1.58. The molecule has 2 aromatic heterocycles. The van der Waals surface area contributed by atoms with Crippen molar-refractivity contribution in [2.45, 2.75) is 6.54 Å². The molecule has 0 unspecified atom stereocenters. The van der Waals surface area contributed by atoms with Gasteiger partial charge in [0, 0.05) is 16.8 Å². The molecule has 0 aliphatic heterocycles. The van der Waals surface area contributed by atoms with E-state index in [-0.39, 0.29) is 12.5 Å². The normalized spacial score (nSPS) is 10.9. The molecule has 1 amide bonds. The highest BCUT2D eigenvalue weighted by Crippen LogP contribution is 2.12. The number of amides is 1. The molecule has 5 heteroatoms. The third kappa shape index (κ3) is 3.93. The number of hydrogen-bond acceptors (Lipinski definition) is 3. The summed E-state index contributed by atoms with van der Waals surface area (Å²) in [6.07, 6.45) is 5.76. The Kier molecular flexibility index (Phi) is 4.46. The zero-order chi connectivity index (χ0) is 15.2. The number of anilines is 1. The average molecular weight is 309 g/mol. The van der Waals surface area contributed by atoms with Gasteiger partial charge in [-0.3, -0.25) is 9.48 Å². The molecule has 22 heavy (non-hydrogen) atoms. The lowest BCUT2D eigenvalue weighted by Gasteiger charge is -2.04. The number of nitrogens with zero attached hydrogens (tertiary/aromatic N) is 2. The van der Waals surface area contributed by atoms with E-state index in [4.69, 9.17) is 0 Å². The molecule has 1 aromatic carbocycles. The number of carbonyl (C=O) groups is 1. The zero-order valence-electron chi connectivity index (χ0n) is 11.8. The lowest BCUT2D eigenvalue weighted by atomic mass is 10.3. The van der Waals surface area contributed by atoms with Crippen molar-refractivity contribution in [2.24, 2.45) is 0 Å². The molecule has 0 radical (unpaired) electrons. The van der Waals surface area contributed by atoms with Gasteiger partial charge in [-0.2, -0.15) is 5.10 Å². The molecule has 1 N–H and O–H groups in total. The fourth-order valence-electron chi connectivity index (χ4n) is 1.98. The zero-order valence-corrected chi connectivity index (χ0v) is 12.7. The molecule has 0 saturated carbocycles. The number of nitrogens with one attached hydrogen (secondary N) is 1. The van der Waals surface area contributed by atoms with Crippen molar-refractivity contribution in [3.63, 3.8) is 0 Å². The van der Waals surface area contributed by atoms with E-state index in [0.717, 1.165) is 11.4 Å². The minimum atomic E-state index is -0.0944. The van der Waals surface area contributed by atoms with Crippen molar-refractivity contribution in [1.82, 2.24) is 9.78 Å². The smallest absolute Gasteiger partial charge is 0.246 e. The van der Waals surface area contributed by atoms with Crippen molar-refractivity contribution in [2.75, 3.05) is 5.32 Å². The van der Waals surface area contributed by atoms with Crippen LogP contribution in [-0.2, 0) is 11.3 Å². The molecule has 110 valence electrons. The Morgan fingerprint density at radius 1 is 1.14 bits per heavy atom. The first-order valence-corrected chi connectivity index (χ1v) is 7.77. The Morgan fingerprint density at radius 2 is 2.00 bits per heavy atom. The van der Waals surface area contributed by atoms with Crippen molar-refractivity contribution < 1.29 is 4.79 Å². The number of para-hydroxylation sites is 1. The van der Waals surface area contributed by atoms with Crippen molar-refractivity contribution >= 4 is 35.1 Å². The summed E-state index contributed by atoms with van der Waals surface area (Å²) in [4.78, 5) is 13.1. The van der Waals surface area contributed by atoms with E-state index in [2.05, 4.69) is 10.4 Å². The number of carbonyl (C=O) groups excluding carboxylic acids is 1. The van der Waals surface area contributed by atoms with Gasteiger partial charge in [0.15, 0.2) is 0 Å². The molecule has 3 rings (SSSR count). The summed E-state index contributed by atoms with van der Waals surface area (Å²) in [5.41, 5.74) is 1.62. The predicted octanol–water partition coefficient (Wildman–Crippen LogP) is 3.75. The Bertz CT molecular complexity index is 760. The summed E-state index contributed by atoms with van der Waals surface area (Å²) < 4.78 is 1.63. The molecule has 0 aliphatic carbocycles. The number of aromatic nitrogens is 2. The fourth-order valence-corrected chi connectivity index (χ4v) is 2.60. The van der Waals surface area contributed by atoms with E-state index >= 15 is 0 Å². The number of thiophene rings is 1. The van der Waals surface area contributed by atoms with Crippen LogP contribution in [0.25, 0.3) is 12.2 Å². The summed E-state index contributed by atoms with van der Waals surface area (Å²) in [5, 5.41) is 9.24. The summed E-state index contributed by atoms with van der Waals surface area (Å²) in [7, 11) is 0. The molecular formula is C17H15N3OS. The standard InChI is InChI=1S/C17H15N3OS/c21-17(18-14-5-2-1-3-6-14)13-20-11-10-15(19-20)8-9-16-7-4-12-22-16/h1-12H,13H2,(H,18,21). The fraction of sp³-hybridized carbons (Fsp3) is 0.0588. The number of rotatable bonds is 5. The number of hydrogen-bond donors (Lipinski definition) is 1. The van der Waals surface area contributed by atoms with Crippen LogP contribution in [0.5, 0.6) is 0 Å². The van der Waals surface area contributed by atoms with Gasteiger partial charge in [-0.05, 0) is 41.8 Å². The molecule has 0 saturated heterocycles. The maximum Gasteiger partial charge on any atom is 0.246 e. The van der Waals surface area contributed by atoms with Crippen LogP contribution in [0.2, 0.25) is 0 Å².